The predicted molar refractivity (Wildman–Crippen MR) is 102 cm³/mol. The molecule has 0 atom stereocenters. The van der Waals surface area contributed by atoms with Gasteiger partial charge in [-0.3, -0.25) is 4.57 Å². The van der Waals surface area contributed by atoms with Crippen LogP contribution < -0.4 is 11.0 Å². The monoisotopic (exact) mass is 391 g/mol. The smallest absolute Gasteiger partial charge is 0.381 e. The van der Waals surface area contributed by atoms with Crippen LogP contribution in [0.4, 0.5) is 19.0 Å². The van der Waals surface area contributed by atoms with Crippen molar-refractivity contribution in [3.63, 3.8) is 0 Å². The number of para-hydroxylation sites is 1. The van der Waals surface area contributed by atoms with E-state index in [9.17, 15) is 18.0 Å². The summed E-state index contributed by atoms with van der Waals surface area (Å²) in [6.07, 6.45) is -2.86. The van der Waals surface area contributed by atoms with Gasteiger partial charge in [-0.15, -0.1) is 0 Å². The van der Waals surface area contributed by atoms with Gasteiger partial charge in [0.05, 0.1) is 22.9 Å². The van der Waals surface area contributed by atoms with Crippen molar-refractivity contribution >= 4 is 16.7 Å². The summed E-state index contributed by atoms with van der Waals surface area (Å²) in [7, 11) is 1.63. The van der Waals surface area contributed by atoms with E-state index in [1.54, 1.807) is 37.4 Å². The number of fused-ring (bicyclic) bond motifs is 1. The van der Waals surface area contributed by atoms with Crippen LogP contribution in [0.25, 0.3) is 16.6 Å². The van der Waals surface area contributed by atoms with Crippen molar-refractivity contribution in [2.24, 2.45) is 0 Å². The summed E-state index contributed by atoms with van der Waals surface area (Å²) in [5.41, 5.74) is -0.836. The Balaban J connectivity index is 0.00000240. The molecule has 28 heavy (non-hydrogen) atoms. The lowest BCUT2D eigenvalue weighted by Crippen LogP contribution is -2.41. The van der Waals surface area contributed by atoms with E-state index < -0.39 is 17.4 Å². The van der Waals surface area contributed by atoms with Crippen LogP contribution in [-0.2, 0) is 10.9 Å². The van der Waals surface area contributed by atoms with Crippen LogP contribution in [0.15, 0.2) is 53.3 Å². The van der Waals surface area contributed by atoms with Gasteiger partial charge in [-0.1, -0.05) is 18.2 Å². The summed E-state index contributed by atoms with van der Waals surface area (Å²) in [4.78, 5) is 16.8. The molecule has 0 radical (unpaired) electrons. The first kappa shape index (κ1) is 18.5. The molecular formula is C20H20F3N3O2. The number of nitrogens with one attached hydrogen (secondary N) is 1. The van der Waals surface area contributed by atoms with Gasteiger partial charge in [-0.05, 0) is 43.2 Å². The molecule has 1 fully saturated rings. The minimum Gasteiger partial charge on any atom is -0.381 e. The van der Waals surface area contributed by atoms with Gasteiger partial charge < -0.3 is 10.1 Å². The minimum absolute atomic E-state index is 0. The van der Waals surface area contributed by atoms with Crippen LogP contribution in [0.3, 0.4) is 0 Å². The molecule has 1 heterocycles. The Morgan fingerprint density at radius 3 is 2.54 bits per heavy atom. The largest absolute Gasteiger partial charge is 0.416 e. The molecule has 4 rings (SSSR count). The molecular weight excluding hydrogens is 371 g/mol. The molecule has 1 N–H and O–H groups in total. The highest BCUT2D eigenvalue weighted by molar-refractivity contribution is 5.91. The van der Waals surface area contributed by atoms with Gasteiger partial charge in [-0.25, -0.2) is 4.79 Å². The average molecular weight is 391 g/mol. The van der Waals surface area contributed by atoms with Crippen LogP contribution in [0.2, 0.25) is 0 Å². The third-order valence-corrected chi connectivity index (χ3v) is 5.00. The van der Waals surface area contributed by atoms with Crippen LogP contribution in [-0.4, -0.2) is 28.8 Å². The fourth-order valence-electron chi connectivity index (χ4n) is 3.41. The van der Waals surface area contributed by atoms with Gasteiger partial charge in [0.2, 0.25) is 0 Å². The lowest BCUT2D eigenvalue weighted by molar-refractivity contribution is -0.137. The van der Waals surface area contributed by atoms with Gasteiger partial charge in [0.25, 0.3) is 0 Å². The number of methoxy groups -OCH3 is 1. The Labute approximate surface area is 160 Å². The molecule has 0 saturated heterocycles. The van der Waals surface area contributed by atoms with E-state index in [1.165, 1.54) is 10.6 Å². The van der Waals surface area contributed by atoms with E-state index in [1.807, 2.05) is 0 Å². The molecule has 1 saturated carbocycles. The molecule has 1 aliphatic rings. The Morgan fingerprint density at radius 2 is 1.89 bits per heavy atom. The number of benzene rings is 2. The molecule has 2 aromatic carbocycles. The molecule has 1 aliphatic carbocycles. The molecule has 0 aliphatic heterocycles. The van der Waals surface area contributed by atoms with Crippen molar-refractivity contribution in [2.75, 3.05) is 12.4 Å². The molecule has 0 spiro atoms. The average Bonchev–Trinajstić information content (AvgIpc) is 2.63. The van der Waals surface area contributed by atoms with Crippen LogP contribution in [0, 0.1) is 0 Å². The number of alkyl halides is 3. The number of aromatic nitrogens is 2. The van der Waals surface area contributed by atoms with E-state index in [0.29, 0.717) is 16.9 Å². The number of halogens is 3. The zero-order valence-corrected chi connectivity index (χ0v) is 15.0. The standard InChI is InChI=1S/C20H18F3N3O2.H2/c1-28-15-10-13(11-15)24-18-16-8-7-12(20(21,22)23)9-17(16)26(19(27)25-18)14-5-3-2-4-6-14;/h2-9,13,15H,10-11H2,1H3,(H,24,25,27);1H. The number of hydrogen-bond donors (Lipinski definition) is 1. The summed E-state index contributed by atoms with van der Waals surface area (Å²) in [6, 6.07) is 11.9. The first-order valence-corrected chi connectivity index (χ1v) is 8.85. The van der Waals surface area contributed by atoms with E-state index in [0.717, 1.165) is 25.0 Å². The summed E-state index contributed by atoms with van der Waals surface area (Å²) in [5, 5.41) is 3.63. The molecule has 0 unspecified atom stereocenters. The van der Waals surface area contributed by atoms with Crippen LogP contribution in [0.5, 0.6) is 0 Å². The number of hydrogen-bond acceptors (Lipinski definition) is 4. The Bertz CT molecular complexity index is 1060. The lowest BCUT2D eigenvalue weighted by Gasteiger charge is -2.35. The maximum atomic E-state index is 13.3. The van der Waals surface area contributed by atoms with E-state index >= 15 is 0 Å². The number of rotatable bonds is 4. The van der Waals surface area contributed by atoms with Crippen LogP contribution in [0.1, 0.15) is 19.8 Å². The second-order valence-corrected chi connectivity index (χ2v) is 6.81. The topological polar surface area (TPSA) is 56.1 Å². The highest BCUT2D eigenvalue weighted by Crippen LogP contribution is 2.34. The number of nitrogens with zero attached hydrogens (tertiary/aromatic N) is 2. The maximum absolute atomic E-state index is 13.3. The normalized spacial score (nSPS) is 19.4. The lowest BCUT2D eigenvalue weighted by atomic mass is 9.89. The van der Waals surface area contributed by atoms with Crippen molar-refractivity contribution in [3.05, 3.63) is 64.6 Å². The molecule has 8 heteroatoms. The van der Waals surface area contributed by atoms with E-state index in [-0.39, 0.29) is 19.1 Å². The van der Waals surface area contributed by atoms with Gasteiger partial charge in [0.15, 0.2) is 0 Å². The second-order valence-electron chi connectivity index (χ2n) is 6.81. The predicted octanol–water partition coefficient (Wildman–Crippen LogP) is 4.24. The Kier molecular flexibility index (Phi) is 4.58. The summed E-state index contributed by atoms with van der Waals surface area (Å²) >= 11 is 0. The van der Waals surface area contributed by atoms with Crippen LogP contribution >= 0.6 is 0 Å². The van der Waals surface area contributed by atoms with Crippen molar-refractivity contribution in [1.29, 1.82) is 0 Å². The first-order valence-electron chi connectivity index (χ1n) is 8.85. The second kappa shape index (κ2) is 6.94. The fraction of sp³-hybridized carbons (Fsp3) is 0.300. The SMILES string of the molecule is COC1CC(Nc2nc(=O)n(-c3ccccc3)c3cc(C(F)(F)F)ccc23)C1.[HH]. The molecule has 148 valence electrons. The number of anilines is 1. The van der Waals surface area contributed by atoms with Gasteiger partial charge in [0, 0.05) is 20.0 Å². The number of ether oxygens (including phenoxy) is 1. The third-order valence-electron chi connectivity index (χ3n) is 5.00. The first-order chi connectivity index (χ1) is 13.4. The van der Waals surface area contributed by atoms with Crippen molar-refractivity contribution in [3.8, 4) is 5.69 Å². The molecule has 3 aromatic rings. The fourth-order valence-corrected chi connectivity index (χ4v) is 3.41. The molecule has 1 aromatic heterocycles. The summed E-state index contributed by atoms with van der Waals surface area (Å²) < 4.78 is 46.3. The zero-order chi connectivity index (χ0) is 19.9. The van der Waals surface area contributed by atoms with E-state index in [2.05, 4.69) is 10.3 Å². The molecule has 0 bridgehead atoms. The maximum Gasteiger partial charge on any atom is 0.416 e. The Morgan fingerprint density at radius 1 is 1.18 bits per heavy atom. The van der Waals surface area contributed by atoms with E-state index in [4.69, 9.17) is 4.74 Å². The summed E-state index contributed by atoms with van der Waals surface area (Å²) in [5.74, 6) is 0.292. The highest BCUT2D eigenvalue weighted by atomic mass is 19.4. The molecule has 0 amide bonds. The minimum atomic E-state index is -4.51. The van der Waals surface area contributed by atoms with Crippen molar-refractivity contribution in [1.82, 2.24) is 9.55 Å². The third kappa shape index (κ3) is 3.35. The van der Waals surface area contributed by atoms with Gasteiger partial charge in [-0.2, -0.15) is 18.2 Å². The van der Waals surface area contributed by atoms with Crippen molar-refractivity contribution in [2.45, 2.75) is 31.2 Å². The molecule has 5 nitrogen and oxygen atoms in total. The van der Waals surface area contributed by atoms with Crippen molar-refractivity contribution < 1.29 is 19.3 Å². The van der Waals surface area contributed by atoms with Gasteiger partial charge in [0.1, 0.15) is 5.82 Å². The zero-order valence-electron chi connectivity index (χ0n) is 15.0. The highest BCUT2D eigenvalue weighted by Gasteiger charge is 2.32. The quantitative estimate of drug-likeness (QED) is 0.723. The van der Waals surface area contributed by atoms with Gasteiger partial charge >= 0.3 is 11.9 Å². The summed E-state index contributed by atoms with van der Waals surface area (Å²) in [6.45, 7) is 0. The Hall–Kier alpha value is -2.87.